The lowest BCUT2D eigenvalue weighted by molar-refractivity contribution is 0.224. The summed E-state index contributed by atoms with van der Waals surface area (Å²) in [6.07, 6.45) is 9.66. The number of primary sulfonamides is 1. The van der Waals surface area contributed by atoms with Crippen molar-refractivity contribution in [2.45, 2.75) is 95.9 Å². The third kappa shape index (κ3) is 4.96. The highest BCUT2D eigenvalue weighted by Crippen LogP contribution is 2.43. The molecular weight excluding hydrogens is 482 g/mol. The Hall–Kier alpha value is -2.63. The molecule has 2 N–H and O–H groups in total. The van der Waals surface area contributed by atoms with Gasteiger partial charge >= 0.3 is 0 Å². The van der Waals surface area contributed by atoms with Crippen LogP contribution in [0, 0.1) is 17.2 Å². The summed E-state index contributed by atoms with van der Waals surface area (Å²) in [5, 5.41) is 20.4. The van der Waals surface area contributed by atoms with Crippen LogP contribution in [0.3, 0.4) is 0 Å². The van der Waals surface area contributed by atoms with E-state index in [1.165, 1.54) is 19.3 Å². The number of rotatable bonds is 7. The summed E-state index contributed by atoms with van der Waals surface area (Å²) in [7, 11) is -3.85. The van der Waals surface area contributed by atoms with Crippen molar-refractivity contribution in [2.75, 3.05) is 6.54 Å². The molecule has 1 aliphatic heterocycles. The average Bonchev–Trinajstić information content (AvgIpc) is 3.44. The van der Waals surface area contributed by atoms with Crippen molar-refractivity contribution in [3.05, 3.63) is 47.7 Å². The van der Waals surface area contributed by atoms with Gasteiger partial charge in [0.25, 0.3) is 0 Å². The normalized spacial score (nSPS) is 23.4. The molecule has 2 heterocycles. The van der Waals surface area contributed by atoms with E-state index in [1.54, 1.807) is 13.1 Å². The van der Waals surface area contributed by atoms with Crippen LogP contribution in [-0.2, 0) is 15.4 Å². The van der Waals surface area contributed by atoms with Gasteiger partial charge in [-0.05, 0) is 89.6 Å². The molecule has 2 atom stereocenters. The molecule has 37 heavy (non-hydrogen) atoms. The summed E-state index contributed by atoms with van der Waals surface area (Å²) in [6.45, 7) is 12.5. The minimum absolute atomic E-state index is 0.169. The third-order valence-electron chi connectivity index (χ3n) is 8.53. The quantitative estimate of drug-likeness (QED) is 0.508. The molecule has 1 aliphatic carbocycles. The molecule has 8 heteroatoms. The van der Waals surface area contributed by atoms with Crippen molar-refractivity contribution in [1.29, 1.82) is 5.26 Å². The smallest absolute Gasteiger partial charge is 0.220 e. The Morgan fingerprint density at radius 1 is 1.22 bits per heavy atom. The zero-order valence-corrected chi connectivity index (χ0v) is 23.8. The minimum Gasteiger partial charge on any atom is -0.366 e. The maximum Gasteiger partial charge on any atom is 0.220 e. The van der Waals surface area contributed by atoms with Crippen LogP contribution in [0.15, 0.2) is 36.5 Å². The predicted octanol–water partition coefficient (Wildman–Crippen LogP) is 5.60. The molecule has 200 valence electrons. The SMILES string of the molecule is CC(C)n1nccc1-c1ccc(C2=CC(C)(S(N)(=O)=O)C(C)N2CC2CCCCC2)cc1C(C)(C)C#N. The van der Waals surface area contributed by atoms with Gasteiger partial charge in [0.15, 0.2) is 0 Å². The number of nitrogens with zero attached hydrogens (tertiary/aromatic N) is 4. The van der Waals surface area contributed by atoms with E-state index in [1.807, 2.05) is 43.7 Å². The van der Waals surface area contributed by atoms with E-state index >= 15 is 0 Å². The van der Waals surface area contributed by atoms with E-state index in [9.17, 15) is 13.7 Å². The van der Waals surface area contributed by atoms with Gasteiger partial charge < -0.3 is 4.90 Å². The number of aromatic nitrogens is 2. The maximum absolute atomic E-state index is 12.8. The van der Waals surface area contributed by atoms with Crippen molar-refractivity contribution in [2.24, 2.45) is 11.1 Å². The Morgan fingerprint density at radius 2 is 1.89 bits per heavy atom. The number of hydrogen-bond acceptors (Lipinski definition) is 5. The summed E-state index contributed by atoms with van der Waals surface area (Å²) in [5.74, 6) is 0.525. The van der Waals surface area contributed by atoms with Crippen LogP contribution in [0.1, 0.15) is 90.8 Å². The van der Waals surface area contributed by atoms with E-state index in [0.717, 1.165) is 47.5 Å². The molecule has 1 fully saturated rings. The molecule has 4 rings (SSSR count). The van der Waals surface area contributed by atoms with E-state index in [-0.39, 0.29) is 12.1 Å². The number of nitrogens with two attached hydrogens (primary N) is 1. The second kappa shape index (κ2) is 9.92. The van der Waals surface area contributed by atoms with Crippen LogP contribution in [0.4, 0.5) is 0 Å². The highest BCUT2D eigenvalue weighted by molar-refractivity contribution is 7.90. The molecule has 1 saturated carbocycles. The summed E-state index contributed by atoms with van der Waals surface area (Å²) < 4.78 is 26.4. The summed E-state index contributed by atoms with van der Waals surface area (Å²) >= 11 is 0. The maximum atomic E-state index is 12.8. The van der Waals surface area contributed by atoms with Crippen LogP contribution < -0.4 is 5.14 Å². The highest BCUT2D eigenvalue weighted by atomic mass is 32.2. The van der Waals surface area contributed by atoms with E-state index in [2.05, 4.69) is 42.0 Å². The predicted molar refractivity (Wildman–Crippen MR) is 149 cm³/mol. The molecular formula is C29H41N5O2S. The molecule has 0 radical (unpaired) electrons. The van der Waals surface area contributed by atoms with Crippen molar-refractivity contribution < 1.29 is 8.42 Å². The molecule has 2 unspecified atom stereocenters. The average molecular weight is 524 g/mol. The lowest BCUT2D eigenvalue weighted by atomic mass is 9.81. The fraction of sp³-hybridized carbons (Fsp3) is 0.586. The van der Waals surface area contributed by atoms with Gasteiger partial charge in [0.05, 0.1) is 23.2 Å². The van der Waals surface area contributed by atoms with Gasteiger partial charge in [-0.2, -0.15) is 10.4 Å². The first-order chi connectivity index (χ1) is 17.3. The first kappa shape index (κ1) is 27.4. The molecule has 0 bridgehead atoms. The molecule has 2 aromatic rings. The van der Waals surface area contributed by atoms with E-state index in [0.29, 0.717) is 5.92 Å². The second-order valence-corrected chi connectivity index (χ2v) is 13.8. The van der Waals surface area contributed by atoms with Crippen LogP contribution in [0.5, 0.6) is 0 Å². The first-order valence-electron chi connectivity index (χ1n) is 13.4. The van der Waals surface area contributed by atoms with Crippen LogP contribution in [0.25, 0.3) is 17.0 Å². The Labute approximate surface area is 222 Å². The standard InChI is InChI=1S/C29H41N5O2S/c1-20(2)34-26(14-15-32-34)24-13-12-23(16-25(24)28(4,5)19-30)27-17-29(6,37(31,35)36)21(3)33(27)18-22-10-8-7-9-11-22/h12-17,20-22H,7-11,18H2,1-6H3,(H2,31,35,36). The Balaban J connectivity index is 1.87. The monoisotopic (exact) mass is 523 g/mol. The first-order valence-corrected chi connectivity index (χ1v) is 15.0. The third-order valence-corrected chi connectivity index (χ3v) is 10.2. The number of benzene rings is 1. The number of hydrogen-bond donors (Lipinski definition) is 1. The zero-order chi connectivity index (χ0) is 27.2. The van der Waals surface area contributed by atoms with Gasteiger partial charge in [-0.3, -0.25) is 4.68 Å². The lowest BCUT2D eigenvalue weighted by Gasteiger charge is -2.37. The Bertz CT molecular complexity index is 1330. The summed E-state index contributed by atoms with van der Waals surface area (Å²) in [5.41, 5.74) is 3.84. The van der Waals surface area contributed by atoms with Crippen LogP contribution in [0.2, 0.25) is 0 Å². The lowest BCUT2D eigenvalue weighted by Crippen LogP contribution is -2.50. The van der Waals surface area contributed by atoms with Gasteiger partial charge in [0.2, 0.25) is 10.0 Å². The van der Waals surface area contributed by atoms with E-state index in [4.69, 9.17) is 5.14 Å². The van der Waals surface area contributed by atoms with Crippen LogP contribution in [-0.4, -0.2) is 40.4 Å². The fourth-order valence-electron chi connectivity index (χ4n) is 5.91. The fourth-order valence-corrected chi connectivity index (χ4v) is 6.79. The Morgan fingerprint density at radius 3 is 2.49 bits per heavy atom. The summed E-state index contributed by atoms with van der Waals surface area (Å²) in [4.78, 5) is 2.25. The van der Waals surface area contributed by atoms with Crippen molar-refractivity contribution >= 4 is 15.7 Å². The molecule has 1 aromatic heterocycles. The summed E-state index contributed by atoms with van der Waals surface area (Å²) in [6, 6.07) is 10.5. The molecule has 0 amide bonds. The molecule has 2 aliphatic rings. The van der Waals surface area contributed by atoms with Gasteiger partial charge in [-0.15, -0.1) is 0 Å². The number of sulfonamides is 1. The second-order valence-electron chi connectivity index (χ2n) is 11.8. The Kier molecular flexibility index (Phi) is 7.35. The molecule has 7 nitrogen and oxygen atoms in total. The van der Waals surface area contributed by atoms with Crippen molar-refractivity contribution in [3.8, 4) is 17.3 Å². The van der Waals surface area contributed by atoms with Crippen molar-refractivity contribution in [3.63, 3.8) is 0 Å². The molecule has 1 aromatic carbocycles. The largest absolute Gasteiger partial charge is 0.366 e. The van der Waals surface area contributed by atoms with Crippen LogP contribution >= 0.6 is 0 Å². The van der Waals surface area contributed by atoms with Gasteiger partial charge in [-0.25, -0.2) is 13.6 Å². The molecule has 0 spiro atoms. The van der Waals surface area contributed by atoms with E-state index < -0.39 is 20.2 Å². The van der Waals surface area contributed by atoms with Gasteiger partial charge in [0.1, 0.15) is 4.75 Å². The topological polar surface area (TPSA) is 105 Å². The van der Waals surface area contributed by atoms with Gasteiger partial charge in [-0.1, -0.05) is 31.4 Å². The number of nitriles is 1. The van der Waals surface area contributed by atoms with Gasteiger partial charge in [0, 0.05) is 30.0 Å². The van der Waals surface area contributed by atoms with Crippen molar-refractivity contribution in [1.82, 2.24) is 14.7 Å². The zero-order valence-electron chi connectivity index (χ0n) is 23.0. The highest BCUT2D eigenvalue weighted by Gasteiger charge is 2.49. The molecule has 0 saturated heterocycles. The minimum atomic E-state index is -3.85.